The SMILES string of the molecule is Nc1ccc(C(F)(F)CCC(=O)O)cc1. The Kier molecular flexibility index (Phi) is 3.24. The first kappa shape index (κ1) is 11.4. The van der Waals surface area contributed by atoms with E-state index in [0.717, 1.165) is 0 Å². The smallest absolute Gasteiger partial charge is 0.303 e. The predicted molar refractivity (Wildman–Crippen MR) is 51.6 cm³/mol. The number of nitrogens with two attached hydrogens (primary N) is 1. The van der Waals surface area contributed by atoms with E-state index in [0.29, 0.717) is 5.69 Å². The second kappa shape index (κ2) is 4.25. The summed E-state index contributed by atoms with van der Waals surface area (Å²) in [6.07, 6.45) is -1.26. The molecule has 0 unspecified atom stereocenters. The normalized spacial score (nSPS) is 11.3. The van der Waals surface area contributed by atoms with Crippen LogP contribution in [0.3, 0.4) is 0 Å². The number of benzene rings is 1. The van der Waals surface area contributed by atoms with Crippen LogP contribution in [0, 0.1) is 0 Å². The fraction of sp³-hybridized carbons (Fsp3) is 0.300. The third kappa shape index (κ3) is 3.19. The predicted octanol–water partition coefficient (Wildman–Crippen LogP) is 2.23. The van der Waals surface area contributed by atoms with Crippen molar-refractivity contribution in [2.45, 2.75) is 18.8 Å². The van der Waals surface area contributed by atoms with Crippen LogP contribution in [0.2, 0.25) is 0 Å². The number of carbonyl (C=O) groups is 1. The molecule has 0 saturated heterocycles. The highest BCUT2D eigenvalue weighted by Gasteiger charge is 2.31. The van der Waals surface area contributed by atoms with Gasteiger partial charge in [-0.2, -0.15) is 0 Å². The molecule has 0 spiro atoms. The van der Waals surface area contributed by atoms with Crippen LogP contribution in [0.5, 0.6) is 0 Å². The Morgan fingerprint density at radius 3 is 2.33 bits per heavy atom. The maximum atomic E-state index is 13.3. The number of carboxylic acid groups (broad SMARTS) is 1. The van der Waals surface area contributed by atoms with E-state index < -0.39 is 24.7 Å². The number of hydrogen-bond donors (Lipinski definition) is 2. The Labute approximate surface area is 85.5 Å². The summed E-state index contributed by atoms with van der Waals surface area (Å²) >= 11 is 0. The van der Waals surface area contributed by atoms with Crippen LogP contribution in [0.4, 0.5) is 14.5 Å². The average Bonchev–Trinajstić information content (AvgIpc) is 2.16. The van der Waals surface area contributed by atoms with Crippen LogP contribution in [-0.2, 0) is 10.7 Å². The largest absolute Gasteiger partial charge is 0.481 e. The van der Waals surface area contributed by atoms with Crippen molar-refractivity contribution >= 4 is 11.7 Å². The summed E-state index contributed by atoms with van der Waals surface area (Å²) < 4.78 is 26.7. The molecule has 0 bridgehead atoms. The summed E-state index contributed by atoms with van der Waals surface area (Å²) in [5.74, 6) is -4.35. The highest BCUT2D eigenvalue weighted by Crippen LogP contribution is 2.33. The zero-order chi connectivity index (χ0) is 11.5. The van der Waals surface area contributed by atoms with Crippen molar-refractivity contribution in [2.75, 3.05) is 5.73 Å². The van der Waals surface area contributed by atoms with Crippen molar-refractivity contribution in [3.8, 4) is 0 Å². The first-order chi connectivity index (χ1) is 6.92. The average molecular weight is 215 g/mol. The second-order valence-corrected chi connectivity index (χ2v) is 3.22. The topological polar surface area (TPSA) is 63.3 Å². The van der Waals surface area contributed by atoms with Crippen LogP contribution < -0.4 is 5.73 Å². The van der Waals surface area contributed by atoms with E-state index in [1.807, 2.05) is 0 Å². The number of alkyl halides is 2. The van der Waals surface area contributed by atoms with E-state index in [-0.39, 0.29) is 5.56 Å². The van der Waals surface area contributed by atoms with Gasteiger partial charge in [0.25, 0.3) is 5.92 Å². The van der Waals surface area contributed by atoms with Gasteiger partial charge in [-0.15, -0.1) is 0 Å². The molecule has 0 atom stereocenters. The molecule has 0 saturated carbocycles. The summed E-state index contributed by atoms with van der Waals surface area (Å²) in [5, 5.41) is 8.31. The van der Waals surface area contributed by atoms with Crippen molar-refractivity contribution in [1.82, 2.24) is 0 Å². The lowest BCUT2D eigenvalue weighted by Gasteiger charge is -2.15. The number of aliphatic carboxylic acids is 1. The standard InChI is InChI=1S/C10H11F2NO2/c11-10(12,6-5-9(14)15)7-1-3-8(13)4-2-7/h1-4H,5-6,13H2,(H,14,15). The molecular weight excluding hydrogens is 204 g/mol. The van der Waals surface area contributed by atoms with E-state index in [1.54, 1.807) is 0 Å². The van der Waals surface area contributed by atoms with Crippen LogP contribution in [0.15, 0.2) is 24.3 Å². The van der Waals surface area contributed by atoms with Gasteiger partial charge in [-0.05, 0) is 12.1 Å². The molecule has 0 aliphatic carbocycles. The van der Waals surface area contributed by atoms with Gasteiger partial charge in [0.15, 0.2) is 0 Å². The molecule has 1 aromatic carbocycles. The van der Waals surface area contributed by atoms with Gasteiger partial charge in [0.1, 0.15) is 0 Å². The fourth-order valence-electron chi connectivity index (χ4n) is 1.14. The van der Waals surface area contributed by atoms with E-state index in [9.17, 15) is 13.6 Å². The maximum absolute atomic E-state index is 13.3. The quantitative estimate of drug-likeness (QED) is 0.757. The van der Waals surface area contributed by atoms with Crippen LogP contribution in [-0.4, -0.2) is 11.1 Å². The van der Waals surface area contributed by atoms with Crippen LogP contribution >= 0.6 is 0 Å². The van der Waals surface area contributed by atoms with Crippen molar-refractivity contribution in [3.05, 3.63) is 29.8 Å². The Hall–Kier alpha value is -1.65. The molecule has 0 radical (unpaired) electrons. The zero-order valence-electron chi connectivity index (χ0n) is 7.91. The Morgan fingerprint density at radius 1 is 1.33 bits per heavy atom. The van der Waals surface area contributed by atoms with E-state index in [2.05, 4.69) is 0 Å². The van der Waals surface area contributed by atoms with Crippen molar-refractivity contribution in [1.29, 1.82) is 0 Å². The first-order valence-electron chi connectivity index (χ1n) is 4.37. The highest BCUT2D eigenvalue weighted by molar-refractivity contribution is 5.66. The van der Waals surface area contributed by atoms with E-state index >= 15 is 0 Å². The summed E-state index contributed by atoms with van der Waals surface area (Å²) in [7, 11) is 0. The number of halogens is 2. The van der Waals surface area contributed by atoms with Crippen molar-refractivity contribution < 1.29 is 18.7 Å². The van der Waals surface area contributed by atoms with Gasteiger partial charge >= 0.3 is 5.97 Å². The molecule has 3 nitrogen and oxygen atoms in total. The molecule has 0 amide bonds. The molecule has 1 rings (SSSR count). The van der Waals surface area contributed by atoms with Gasteiger partial charge in [0, 0.05) is 17.7 Å². The Morgan fingerprint density at radius 2 is 1.87 bits per heavy atom. The number of hydrogen-bond acceptors (Lipinski definition) is 2. The Balaban J connectivity index is 2.76. The van der Waals surface area contributed by atoms with Crippen molar-refractivity contribution in [2.24, 2.45) is 0 Å². The Bertz CT molecular complexity index is 349. The molecule has 15 heavy (non-hydrogen) atoms. The minimum absolute atomic E-state index is 0.210. The van der Waals surface area contributed by atoms with Crippen molar-refractivity contribution in [3.63, 3.8) is 0 Å². The summed E-state index contributed by atoms with van der Waals surface area (Å²) in [4.78, 5) is 10.2. The molecule has 5 heteroatoms. The molecule has 0 fully saturated rings. The number of anilines is 1. The molecule has 82 valence electrons. The van der Waals surface area contributed by atoms with E-state index in [4.69, 9.17) is 10.8 Å². The van der Waals surface area contributed by atoms with Gasteiger partial charge in [0.2, 0.25) is 0 Å². The molecule has 0 aliphatic rings. The van der Waals surface area contributed by atoms with Gasteiger partial charge < -0.3 is 10.8 Å². The number of rotatable bonds is 4. The maximum Gasteiger partial charge on any atom is 0.303 e. The molecule has 3 N–H and O–H groups in total. The third-order valence-electron chi connectivity index (χ3n) is 1.99. The molecule has 1 aromatic rings. The highest BCUT2D eigenvalue weighted by atomic mass is 19.3. The fourth-order valence-corrected chi connectivity index (χ4v) is 1.14. The third-order valence-corrected chi connectivity index (χ3v) is 1.99. The van der Waals surface area contributed by atoms with E-state index in [1.165, 1.54) is 24.3 Å². The number of nitrogen functional groups attached to an aromatic ring is 1. The molecule has 0 heterocycles. The lowest BCUT2D eigenvalue weighted by Crippen LogP contribution is -2.15. The van der Waals surface area contributed by atoms with Gasteiger partial charge in [-0.1, -0.05) is 12.1 Å². The summed E-state index contributed by atoms with van der Waals surface area (Å²) in [6.45, 7) is 0. The zero-order valence-corrected chi connectivity index (χ0v) is 7.91. The summed E-state index contributed by atoms with van der Waals surface area (Å²) in [6, 6.07) is 5.14. The monoisotopic (exact) mass is 215 g/mol. The minimum Gasteiger partial charge on any atom is -0.481 e. The van der Waals surface area contributed by atoms with Gasteiger partial charge in [0.05, 0.1) is 6.42 Å². The molecule has 0 aliphatic heterocycles. The second-order valence-electron chi connectivity index (χ2n) is 3.22. The molecular formula is C10H11F2NO2. The van der Waals surface area contributed by atoms with Crippen LogP contribution in [0.1, 0.15) is 18.4 Å². The van der Waals surface area contributed by atoms with Gasteiger partial charge in [-0.25, -0.2) is 8.78 Å². The lowest BCUT2D eigenvalue weighted by atomic mass is 10.0. The van der Waals surface area contributed by atoms with Gasteiger partial charge in [-0.3, -0.25) is 4.79 Å². The summed E-state index contributed by atoms with van der Waals surface area (Å²) in [5.41, 5.74) is 5.54. The van der Waals surface area contributed by atoms with Crippen LogP contribution in [0.25, 0.3) is 0 Å². The first-order valence-corrected chi connectivity index (χ1v) is 4.37. The minimum atomic E-state index is -3.12. The molecule has 0 aromatic heterocycles. The lowest BCUT2D eigenvalue weighted by molar-refractivity contribution is -0.139. The number of carboxylic acids is 1.